The van der Waals surface area contributed by atoms with Crippen LogP contribution < -0.4 is 5.32 Å². The lowest BCUT2D eigenvalue weighted by atomic mass is 10.2. The molecule has 0 unspecified atom stereocenters. The second kappa shape index (κ2) is 5.24. The molecule has 82 valence electrons. The van der Waals surface area contributed by atoms with E-state index in [1.165, 1.54) is 18.7 Å². The van der Waals surface area contributed by atoms with E-state index in [-0.39, 0.29) is 0 Å². The van der Waals surface area contributed by atoms with Gasteiger partial charge in [-0.25, -0.2) is 0 Å². The highest BCUT2D eigenvalue weighted by molar-refractivity contribution is 5.08. The van der Waals surface area contributed by atoms with Crippen molar-refractivity contribution >= 4 is 0 Å². The molecule has 2 heterocycles. The lowest BCUT2D eigenvalue weighted by molar-refractivity contribution is 0.221. The molecule has 0 bridgehead atoms. The van der Waals surface area contributed by atoms with Gasteiger partial charge < -0.3 is 5.32 Å². The standard InChI is InChI=1S/C12H19N3/c1-11(12-5-2-3-7-14-12)15-9-4-6-13-8-10-15/h2-3,5,7,11,13H,4,6,8-10H2,1H3/t11-/m1/s1. The molecule has 0 aromatic carbocycles. The quantitative estimate of drug-likeness (QED) is 0.792. The predicted molar refractivity (Wildman–Crippen MR) is 61.7 cm³/mol. The molecule has 1 N–H and O–H groups in total. The molecule has 3 nitrogen and oxygen atoms in total. The first kappa shape index (κ1) is 10.6. The van der Waals surface area contributed by atoms with Crippen LogP contribution in [0.4, 0.5) is 0 Å². The zero-order valence-corrected chi connectivity index (χ0v) is 9.32. The number of hydrogen-bond acceptors (Lipinski definition) is 3. The second-order valence-corrected chi connectivity index (χ2v) is 4.07. The van der Waals surface area contributed by atoms with E-state index in [0.717, 1.165) is 19.6 Å². The minimum absolute atomic E-state index is 0.436. The molecule has 0 spiro atoms. The maximum Gasteiger partial charge on any atom is 0.0572 e. The van der Waals surface area contributed by atoms with Crippen molar-refractivity contribution < 1.29 is 0 Å². The Labute approximate surface area is 91.5 Å². The van der Waals surface area contributed by atoms with Crippen molar-refractivity contribution in [2.75, 3.05) is 26.2 Å². The summed E-state index contributed by atoms with van der Waals surface area (Å²) in [5, 5.41) is 3.42. The van der Waals surface area contributed by atoms with E-state index in [2.05, 4.69) is 34.3 Å². The molecule has 1 aliphatic rings. The third-order valence-electron chi connectivity index (χ3n) is 3.04. The average Bonchev–Trinajstić information content (AvgIpc) is 2.58. The lowest BCUT2D eigenvalue weighted by Gasteiger charge is -2.26. The highest BCUT2D eigenvalue weighted by Crippen LogP contribution is 2.17. The monoisotopic (exact) mass is 205 g/mol. The summed E-state index contributed by atoms with van der Waals surface area (Å²) < 4.78 is 0. The maximum absolute atomic E-state index is 4.42. The summed E-state index contributed by atoms with van der Waals surface area (Å²) in [5.74, 6) is 0. The summed E-state index contributed by atoms with van der Waals surface area (Å²) in [4.78, 5) is 6.92. The fraction of sp³-hybridized carbons (Fsp3) is 0.583. The van der Waals surface area contributed by atoms with Gasteiger partial charge in [-0.3, -0.25) is 9.88 Å². The third-order valence-corrected chi connectivity index (χ3v) is 3.04. The van der Waals surface area contributed by atoms with Gasteiger partial charge in [-0.05, 0) is 32.0 Å². The Bertz CT molecular complexity index is 278. The van der Waals surface area contributed by atoms with Gasteiger partial charge in [-0.1, -0.05) is 6.07 Å². The first-order chi connectivity index (χ1) is 7.38. The summed E-state index contributed by atoms with van der Waals surface area (Å²) in [5.41, 5.74) is 1.18. The zero-order chi connectivity index (χ0) is 10.5. The number of hydrogen-bond donors (Lipinski definition) is 1. The Morgan fingerprint density at radius 3 is 3.07 bits per heavy atom. The Kier molecular flexibility index (Phi) is 3.69. The zero-order valence-electron chi connectivity index (χ0n) is 9.32. The summed E-state index contributed by atoms with van der Waals surface area (Å²) in [6.07, 6.45) is 3.11. The molecular weight excluding hydrogens is 186 g/mol. The Morgan fingerprint density at radius 1 is 1.33 bits per heavy atom. The smallest absolute Gasteiger partial charge is 0.0572 e. The first-order valence-electron chi connectivity index (χ1n) is 5.73. The van der Waals surface area contributed by atoms with E-state index < -0.39 is 0 Å². The molecule has 0 saturated carbocycles. The number of nitrogens with one attached hydrogen (secondary N) is 1. The van der Waals surface area contributed by atoms with Gasteiger partial charge >= 0.3 is 0 Å². The number of aromatic nitrogens is 1. The Morgan fingerprint density at radius 2 is 2.27 bits per heavy atom. The fourth-order valence-electron chi connectivity index (χ4n) is 2.06. The SMILES string of the molecule is C[C@H](c1ccccn1)N1CCCNCC1. The van der Waals surface area contributed by atoms with Gasteiger partial charge in [0.15, 0.2) is 0 Å². The summed E-state index contributed by atoms with van der Waals surface area (Å²) >= 11 is 0. The summed E-state index contributed by atoms with van der Waals surface area (Å²) in [7, 11) is 0. The van der Waals surface area contributed by atoms with Crippen LogP contribution in [0.2, 0.25) is 0 Å². The van der Waals surface area contributed by atoms with Crippen LogP contribution in [0.1, 0.15) is 25.1 Å². The lowest BCUT2D eigenvalue weighted by Crippen LogP contribution is -2.31. The van der Waals surface area contributed by atoms with E-state index in [4.69, 9.17) is 0 Å². The summed E-state index contributed by atoms with van der Waals surface area (Å²) in [6.45, 7) is 6.78. The van der Waals surface area contributed by atoms with Crippen LogP contribution in [0.3, 0.4) is 0 Å². The number of pyridine rings is 1. The molecule has 15 heavy (non-hydrogen) atoms. The van der Waals surface area contributed by atoms with Crippen molar-refractivity contribution in [1.82, 2.24) is 15.2 Å². The number of nitrogens with zero attached hydrogens (tertiary/aromatic N) is 2. The van der Waals surface area contributed by atoms with Crippen LogP contribution >= 0.6 is 0 Å². The van der Waals surface area contributed by atoms with Crippen LogP contribution in [-0.2, 0) is 0 Å². The predicted octanol–water partition coefficient (Wildman–Crippen LogP) is 1.44. The molecule has 3 heteroatoms. The molecule has 0 radical (unpaired) electrons. The minimum atomic E-state index is 0.436. The van der Waals surface area contributed by atoms with Crippen molar-refractivity contribution in [2.24, 2.45) is 0 Å². The molecular formula is C12H19N3. The fourth-order valence-corrected chi connectivity index (χ4v) is 2.06. The molecule has 1 atom stereocenters. The van der Waals surface area contributed by atoms with Gasteiger partial charge in [0, 0.05) is 31.9 Å². The van der Waals surface area contributed by atoms with Crippen molar-refractivity contribution in [2.45, 2.75) is 19.4 Å². The number of rotatable bonds is 2. The van der Waals surface area contributed by atoms with E-state index in [1.807, 2.05) is 12.3 Å². The average molecular weight is 205 g/mol. The molecule has 1 fully saturated rings. The molecule has 2 rings (SSSR count). The van der Waals surface area contributed by atoms with Crippen LogP contribution in [0.25, 0.3) is 0 Å². The molecule has 1 aromatic rings. The van der Waals surface area contributed by atoms with Gasteiger partial charge in [0.1, 0.15) is 0 Å². The molecule has 0 amide bonds. The molecule has 1 saturated heterocycles. The first-order valence-corrected chi connectivity index (χ1v) is 5.73. The van der Waals surface area contributed by atoms with E-state index in [1.54, 1.807) is 0 Å². The third kappa shape index (κ3) is 2.76. The van der Waals surface area contributed by atoms with E-state index >= 15 is 0 Å². The van der Waals surface area contributed by atoms with Crippen LogP contribution in [0.5, 0.6) is 0 Å². The van der Waals surface area contributed by atoms with E-state index in [9.17, 15) is 0 Å². The van der Waals surface area contributed by atoms with Gasteiger partial charge in [-0.15, -0.1) is 0 Å². The topological polar surface area (TPSA) is 28.2 Å². The summed E-state index contributed by atoms with van der Waals surface area (Å²) in [6, 6.07) is 6.59. The molecule has 1 aliphatic heterocycles. The van der Waals surface area contributed by atoms with Crippen molar-refractivity contribution in [3.05, 3.63) is 30.1 Å². The van der Waals surface area contributed by atoms with Gasteiger partial charge in [0.2, 0.25) is 0 Å². The largest absolute Gasteiger partial charge is 0.315 e. The van der Waals surface area contributed by atoms with Crippen molar-refractivity contribution in [1.29, 1.82) is 0 Å². The van der Waals surface area contributed by atoms with E-state index in [0.29, 0.717) is 6.04 Å². The molecule has 1 aromatic heterocycles. The highest BCUT2D eigenvalue weighted by atomic mass is 15.2. The van der Waals surface area contributed by atoms with Gasteiger partial charge in [0.25, 0.3) is 0 Å². The van der Waals surface area contributed by atoms with Gasteiger partial charge in [-0.2, -0.15) is 0 Å². The Hall–Kier alpha value is -0.930. The van der Waals surface area contributed by atoms with Crippen LogP contribution in [-0.4, -0.2) is 36.1 Å². The minimum Gasteiger partial charge on any atom is -0.315 e. The molecule has 0 aliphatic carbocycles. The maximum atomic E-state index is 4.42. The second-order valence-electron chi connectivity index (χ2n) is 4.07. The van der Waals surface area contributed by atoms with Crippen molar-refractivity contribution in [3.63, 3.8) is 0 Å². The Balaban J connectivity index is 2.03. The normalized spacial score (nSPS) is 20.9. The van der Waals surface area contributed by atoms with Crippen molar-refractivity contribution in [3.8, 4) is 0 Å². The highest BCUT2D eigenvalue weighted by Gasteiger charge is 2.17. The van der Waals surface area contributed by atoms with Crippen LogP contribution in [0.15, 0.2) is 24.4 Å². The van der Waals surface area contributed by atoms with Gasteiger partial charge in [0.05, 0.1) is 5.69 Å². The van der Waals surface area contributed by atoms with Crippen LogP contribution in [0, 0.1) is 0 Å².